The first-order valence-electron chi connectivity index (χ1n) is 17.6. The number of allylic oxidation sites excluding steroid dienone is 8. The first-order valence-corrected chi connectivity index (χ1v) is 26.3. The van der Waals surface area contributed by atoms with Crippen LogP contribution >= 0.6 is 0 Å². The maximum absolute atomic E-state index is 11.4. The molecule has 5 nitrogen and oxygen atoms in total. The minimum Gasteiger partial charge on any atom is -0.478 e. The van der Waals surface area contributed by atoms with Crippen LogP contribution in [-0.4, -0.2) is 54.3 Å². The van der Waals surface area contributed by atoms with Gasteiger partial charge in [0.05, 0.1) is 12.2 Å². The van der Waals surface area contributed by atoms with Crippen molar-refractivity contribution in [1.29, 1.82) is 0 Å². The molecule has 0 rings (SSSR count). The highest BCUT2D eigenvalue weighted by atomic mass is 28.4. The Morgan fingerprint density at radius 2 is 1.15 bits per heavy atom. The van der Waals surface area contributed by atoms with Gasteiger partial charge in [-0.05, 0) is 101 Å². The third-order valence-corrected chi connectivity index (χ3v) is 24.0. The summed E-state index contributed by atoms with van der Waals surface area (Å²) >= 11 is 0. The summed E-state index contributed by atoms with van der Waals surface area (Å²) in [6.45, 7) is 44.7. The van der Waals surface area contributed by atoms with Crippen molar-refractivity contribution in [3.05, 3.63) is 58.7 Å². The Kier molecular flexibility index (Phi) is 17.1. The Morgan fingerprint density at radius 3 is 1.57 bits per heavy atom. The van der Waals surface area contributed by atoms with E-state index in [0.717, 1.165) is 23.1 Å². The second-order valence-electron chi connectivity index (χ2n) is 18.1. The summed E-state index contributed by atoms with van der Waals surface area (Å²) in [5.74, 6) is -0.867. The normalized spacial score (nSPS) is 17.7. The first kappa shape index (κ1) is 45.7. The molecule has 0 saturated carbocycles. The molecule has 272 valence electrons. The number of hydrogen-bond donors (Lipinski definition) is 1. The van der Waals surface area contributed by atoms with Crippen LogP contribution < -0.4 is 0 Å². The zero-order valence-corrected chi connectivity index (χ0v) is 37.2. The summed E-state index contributed by atoms with van der Waals surface area (Å²) in [5.41, 5.74) is 3.49. The summed E-state index contributed by atoms with van der Waals surface area (Å²) in [6.07, 6.45) is 13.2. The molecular weight excluding hydrogens is 633 g/mol. The quantitative estimate of drug-likeness (QED) is 0.0983. The van der Waals surface area contributed by atoms with Gasteiger partial charge in [0.25, 0.3) is 0 Å². The van der Waals surface area contributed by atoms with Crippen LogP contribution in [0.25, 0.3) is 0 Å². The highest BCUT2D eigenvalue weighted by molar-refractivity contribution is 6.75. The Hall–Kier alpha value is -1.30. The largest absolute Gasteiger partial charge is 0.478 e. The molecule has 0 aromatic rings. The molecule has 0 unspecified atom stereocenters. The van der Waals surface area contributed by atoms with Gasteiger partial charge in [-0.2, -0.15) is 0 Å². The third kappa shape index (κ3) is 15.4. The molecule has 0 aliphatic carbocycles. The highest BCUT2D eigenvalue weighted by Crippen LogP contribution is 2.42. The van der Waals surface area contributed by atoms with Gasteiger partial charge in [-0.25, -0.2) is 4.79 Å². The Bertz CT molecular complexity index is 1180. The molecule has 0 heterocycles. The Labute approximate surface area is 294 Å². The van der Waals surface area contributed by atoms with Crippen LogP contribution in [0.5, 0.6) is 0 Å². The minimum atomic E-state index is -2.17. The number of carbonyl (C=O) groups is 1. The van der Waals surface area contributed by atoms with Gasteiger partial charge in [0, 0.05) is 11.7 Å². The topological polar surface area (TPSA) is 65.0 Å². The van der Waals surface area contributed by atoms with E-state index >= 15 is 0 Å². The SMILES string of the molecule is CCC(=CC(C)=CC(C)=CC=CC(C)=C[C@H](O[Si](C)(C)C(C)(C)C)[C@H](C[C@H](C)O[Si](C)(C)C(C)(C)C)O[Si](C)(C)C(C)(C)C)C(=O)O. The number of carboxylic acid groups (broad SMARTS) is 1. The zero-order valence-electron chi connectivity index (χ0n) is 34.2. The van der Waals surface area contributed by atoms with Crippen molar-refractivity contribution in [2.45, 2.75) is 182 Å². The van der Waals surface area contributed by atoms with Gasteiger partial charge in [0.2, 0.25) is 0 Å². The van der Waals surface area contributed by atoms with E-state index in [4.69, 9.17) is 13.3 Å². The molecule has 0 aliphatic rings. The van der Waals surface area contributed by atoms with Gasteiger partial charge in [-0.15, -0.1) is 0 Å². The van der Waals surface area contributed by atoms with Crippen molar-refractivity contribution in [2.24, 2.45) is 0 Å². The van der Waals surface area contributed by atoms with Crippen molar-refractivity contribution in [3.8, 4) is 0 Å². The Balaban J connectivity index is 6.85. The summed E-state index contributed by atoms with van der Waals surface area (Å²) in [4.78, 5) is 11.4. The van der Waals surface area contributed by atoms with Crippen molar-refractivity contribution in [1.82, 2.24) is 0 Å². The van der Waals surface area contributed by atoms with Gasteiger partial charge in [-0.3, -0.25) is 0 Å². The molecule has 3 atom stereocenters. The van der Waals surface area contributed by atoms with Crippen molar-refractivity contribution < 1.29 is 23.2 Å². The number of rotatable bonds is 16. The lowest BCUT2D eigenvalue weighted by atomic mass is 10.0. The van der Waals surface area contributed by atoms with Crippen LogP contribution in [0.1, 0.15) is 110 Å². The standard InChI is InChI=1S/C39H74O5Si3/c1-21-33(36(40)41)26-31(4)25-29(2)23-22-24-30(3)27-34(43-46(17,18)38(9,10)11)35(44-47(19,20)39(12,13)14)28-32(5)42-45(15,16)37(6,7)8/h22-27,32,34-35H,21,28H2,1-20H3,(H,40,41)/t32-,34-,35-/m0/s1. The predicted octanol–water partition coefficient (Wildman–Crippen LogP) is 12.4. The van der Waals surface area contributed by atoms with Gasteiger partial charge < -0.3 is 18.4 Å². The lowest BCUT2D eigenvalue weighted by Gasteiger charge is -2.46. The van der Waals surface area contributed by atoms with Crippen LogP contribution in [0.2, 0.25) is 54.4 Å². The van der Waals surface area contributed by atoms with Gasteiger partial charge >= 0.3 is 5.97 Å². The van der Waals surface area contributed by atoms with E-state index in [-0.39, 0.29) is 33.4 Å². The van der Waals surface area contributed by atoms with Crippen LogP contribution in [0, 0.1) is 0 Å². The molecular formula is C39H74O5Si3. The van der Waals surface area contributed by atoms with Gasteiger partial charge in [0.15, 0.2) is 25.0 Å². The average Bonchev–Trinajstić information content (AvgIpc) is 2.83. The molecule has 0 aromatic carbocycles. The van der Waals surface area contributed by atoms with E-state index in [0.29, 0.717) is 12.0 Å². The zero-order chi connectivity index (χ0) is 37.4. The van der Waals surface area contributed by atoms with Crippen molar-refractivity contribution in [2.75, 3.05) is 0 Å². The first-order chi connectivity index (χ1) is 20.9. The Morgan fingerprint density at radius 1 is 0.702 bits per heavy atom. The molecule has 0 aliphatic heterocycles. The maximum Gasteiger partial charge on any atom is 0.331 e. The van der Waals surface area contributed by atoms with Gasteiger partial charge in [0.1, 0.15) is 0 Å². The predicted molar refractivity (Wildman–Crippen MR) is 213 cm³/mol. The molecule has 0 fully saturated rings. The average molecular weight is 707 g/mol. The van der Waals surface area contributed by atoms with Gasteiger partial charge in [-0.1, -0.05) is 116 Å². The van der Waals surface area contributed by atoms with E-state index in [1.807, 2.05) is 26.8 Å². The molecule has 1 N–H and O–H groups in total. The second kappa shape index (κ2) is 17.6. The number of hydrogen-bond acceptors (Lipinski definition) is 4. The fraction of sp³-hybridized carbons (Fsp3) is 0.718. The smallest absolute Gasteiger partial charge is 0.331 e. The minimum absolute atomic E-state index is 0.0319. The lowest BCUT2D eigenvalue weighted by molar-refractivity contribution is -0.132. The second-order valence-corrected chi connectivity index (χ2v) is 32.3. The molecule has 47 heavy (non-hydrogen) atoms. The molecule has 0 bridgehead atoms. The molecule has 0 aromatic heterocycles. The molecule has 0 amide bonds. The molecule has 8 heteroatoms. The van der Waals surface area contributed by atoms with Crippen LogP contribution in [0.3, 0.4) is 0 Å². The van der Waals surface area contributed by atoms with Crippen molar-refractivity contribution >= 4 is 30.9 Å². The van der Waals surface area contributed by atoms with Crippen molar-refractivity contribution in [3.63, 3.8) is 0 Å². The lowest BCUT2D eigenvalue weighted by Crippen LogP contribution is -2.52. The van der Waals surface area contributed by atoms with E-state index in [1.54, 1.807) is 6.08 Å². The summed E-state index contributed by atoms with van der Waals surface area (Å²) < 4.78 is 21.4. The maximum atomic E-state index is 11.4. The third-order valence-electron chi connectivity index (χ3n) is 10.4. The monoisotopic (exact) mass is 706 g/mol. The van der Waals surface area contributed by atoms with Crippen LogP contribution in [0.15, 0.2) is 58.7 Å². The van der Waals surface area contributed by atoms with Crippen LogP contribution in [0.4, 0.5) is 0 Å². The molecule has 0 saturated heterocycles. The fourth-order valence-corrected chi connectivity index (χ4v) is 8.35. The number of carboxylic acids is 1. The highest BCUT2D eigenvalue weighted by Gasteiger charge is 2.45. The van der Waals surface area contributed by atoms with Crippen LogP contribution in [-0.2, 0) is 18.1 Å². The van der Waals surface area contributed by atoms with E-state index in [2.05, 4.69) is 140 Å². The van der Waals surface area contributed by atoms with E-state index in [9.17, 15) is 9.90 Å². The van der Waals surface area contributed by atoms with E-state index in [1.165, 1.54) is 0 Å². The fourth-order valence-electron chi connectivity index (χ4n) is 4.30. The summed E-state index contributed by atoms with van der Waals surface area (Å²) in [7, 11) is -6.31. The summed E-state index contributed by atoms with van der Waals surface area (Å²) in [5, 5.41) is 9.60. The molecule has 0 spiro atoms. The molecule has 0 radical (unpaired) electrons. The number of aliphatic carboxylic acids is 1. The van der Waals surface area contributed by atoms with E-state index < -0.39 is 30.9 Å². The summed E-state index contributed by atoms with van der Waals surface area (Å²) in [6, 6.07) is 0.